The van der Waals surface area contributed by atoms with Gasteiger partial charge in [-0.15, -0.1) is 0 Å². The van der Waals surface area contributed by atoms with E-state index in [-0.39, 0.29) is 28.8 Å². The smallest absolute Gasteiger partial charge is 0.277 e. The van der Waals surface area contributed by atoms with E-state index in [1.54, 1.807) is 30.3 Å². The predicted octanol–water partition coefficient (Wildman–Crippen LogP) is 5.28. The van der Waals surface area contributed by atoms with Gasteiger partial charge in [-0.05, 0) is 41.8 Å². The second-order valence-corrected chi connectivity index (χ2v) is 12.8. The summed E-state index contributed by atoms with van der Waals surface area (Å²) >= 11 is 5.90. The Bertz CT molecular complexity index is 1510. The molecule has 0 spiro atoms. The number of aromatic nitrogens is 2. The van der Waals surface area contributed by atoms with E-state index >= 15 is 0 Å². The molecular formula is C33H39ClN6O5. The molecule has 0 aliphatic carbocycles. The SMILES string of the molecule is CC(C)(C)CC(=O)N1CCC(Oc2cc(N3CCOCC3)ccc2C(=O)Nc2cccnc2C(=O)Nc2ccc(Cl)cn2)CC1. The minimum atomic E-state index is -0.535. The molecular weight excluding hydrogens is 596 g/mol. The molecule has 2 aliphatic heterocycles. The van der Waals surface area contributed by atoms with Gasteiger partial charge in [-0.3, -0.25) is 14.4 Å². The van der Waals surface area contributed by atoms with Crippen LogP contribution in [0.4, 0.5) is 17.2 Å². The van der Waals surface area contributed by atoms with Crippen molar-refractivity contribution in [2.75, 3.05) is 54.9 Å². The van der Waals surface area contributed by atoms with Crippen LogP contribution in [0.15, 0.2) is 54.9 Å². The number of amides is 3. The first kappa shape index (κ1) is 32.2. The molecule has 11 nitrogen and oxygen atoms in total. The van der Waals surface area contributed by atoms with Crippen molar-refractivity contribution in [1.82, 2.24) is 14.9 Å². The van der Waals surface area contributed by atoms with Crippen LogP contribution in [-0.2, 0) is 9.53 Å². The summed E-state index contributed by atoms with van der Waals surface area (Å²) in [6, 6.07) is 12.0. The molecule has 0 unspecified atom stereocenters. The molecule has 2 fully saturated rings. The fraction of sp³-hybridized carbons (Fsp3) is 0.424. The molecule has 2 N–H and O–H groups in total. The van der Waals surface area contributed by atoms with Crippen LogP contribution in [0.3, 0.4) is 0 Å². The summed E-state index contributed by atoms with van der Waals surface area (Å²) in [5, 5.41) is 5.97. The lowest BCUT2D eigenvalue weighted by Gasteiger charge is -2.34. The van der Waals surface area contributed by atoms with Crippen LogP contribution in [0.1, 0.15) is 60.9 Å². The summed E-state index contributed by atoms with van der Waals surface area (Å²) in [6.45, 7) is 10.1. The fourth-order valence-corrected chi connectivity index (χ4v) is 5.40. The van der Waals surface area contributed by atoms with Gasteiger partial charge in [0.15, 0.2) is 5.69 Å². The molecule has 0 atom stereocenters. The van der Waals surface area contributed by atoms with Gasteiger partial charge in [0.1, 0.15) is 17.7 Å². The predicted molar refractivity (Wildman–Crippen MR) is 173 cm³/mol. The largest absolute Gasteiger partial charge is 0.489 e. The quantitative estimate of drug-likeness (QED) is 0.343. The molecule has 2 aliphatic rings. The molecule has 4 heterocycles. The maximum Gasteiger partial charge on any atom is 0.277 e. The molecule has 238 valence electrons. The van der Waals surface area contributed by atoms with Crippen LogP contribution in [0, 0.1) is 5.41 Å². The first-order valence-corrected chi connectivity index (χ1v) is 15.5. The van der Waals surface area contributed by atoms with Crippen molar-refractivity contribution in [3.05, 3.63) is 71.1 Å². The minimum Gasteiger partial charge on any atom is -0.489 e. The van der Waals surface area contributed by atoms with E-state index in [2.05, 4.69) is 46.3 Å². The zero-order chi connectivity index (χ0) is 32.0. The van der Waals surface area contributed by atoms with Crippen molar-refractivity contribution in [3.8, 4) is 5.75 Å². The average Bonchev–Trinajstić information content (AvgIpc) is 3.02. The van der Waals surface area contributed by atoms with Crippen molar-refractivity contribution in [3.63, 3.8) is 0 Å². The zero-order valence-electron chi connectivity index (χ0n) is 25.8. The topological polar surface area (TPSA) is 126 Å². The van der Waals surface area contributed by atoms with Crippen LogP contribution in [0.2, 0.25) is 5.02 Å². The number of rotatable bonds is 8. The number of piperidine rings is 1. The van der Waals surface area contributed by atoms with Crippen molar-refractivity contribution in [1.29, 1.82) is 0 Å². The summed E-state index contributed by atoms with van der Waals surface area (Å²) < 4.78 is 12.0. The van der Waals surface area contributed by atoms with Crippen LogP contribution in [0.5, 0.6) is 5.75 Å². The van der Waals surface area contributed by atoms with Crippen LogP contribution in [-0.4, -0.2) is 78.1 Å². The van der Waals surface area contributed by atoms with E-state index in [0.29, 0.717) is 67.7 Å². The van der Waals surface area contributed by atoms with Crippen molar-refractivity contribution in [2.45, 2.75) is 46.1 Å². The molecule has 1 aromatic carbocycles. The second kappa shape index (κ2) is 14.3. The van der Waals surface area contributed by atoms with Crippen molar-refractivity contribution < 1.29 is 23.9 Å². The van der Waals surface area contributed by atoms with Gasteiger partial charge in [-0.25, -0.2) is 9.97 Å². The van der Waals surface area contributed by atoms with Crippen LogP contribution >= 0.6 is 11.6 Å². The van der Waals surface area contributed by atoms with Gasteiger partial charge < -0.3 is 29.9 Å². The number of hydrogen-bond acceptors (Lipinski definition) is 8. The van der Waals surface area contributed by atoms with Gasteiger partial charge in [-0.1, -0.05) is 32.4 Å². The third-order valence-electron chi connectivity index (χ3n) is 7.60. The van der Waals surface area contributed by atoms with E-state index in [1.165, 1.54) is 12.4 Å². The number of morpholine rings is 1. The van der Waals surface area contributed by atoms with Gasteiger partial charge in [0, 0.05) is 69.6 Å². The Morgan fingerprint density at radius 3 is 2.42 bits per heavy atom. The van der Waals surface area contributed by atoms with E-state index in [0.717, 1.165) is 18.8 Å². The lowest BCUT2D eigenvalue weighted by atomic mass is 9.91. The number of nitrogens with one attached hydrogen (secondary N) is 2. The maximum atomic E-state index is 13.7. The number of benzene rings is 1. The normalized spacial score (nSPS) is 15.8. The highest BCUT2D eigenvalue weighted by Gasteiger charge is 2.28. The standard InChI is InChI=1S/C33H39ClN6O5/c1-33(2,3)20-29(41)40-13-10-24(11-14-40)45-27-19-23(39-15-17-44-18-16-39)7-8-25(27)31(42)37-26-5-4-12-35-30(26)32(43)38-28-9-6-22(34)21-36-28/h4-9,12,19,21,24H,10-11,13-18,20H2,1-3H3,(H,37,42)(H,36,38,43). The number of pyridine rings is 2. The van der Waals surface area contributed by atoms with Gasteiger partial charge in [-0.2, -0.15) is 0 Å². The summed E-state index contributed by atoms with van der Waals surface area (Å²) in [4.78, 5) is 52.0. The summed E-state index contributed by atoms with van der Waals surface area (Å²) in [5.74, 6) is -0.0850. The van der Waals surface area contributed by atoms with Gasteiger partial charge in [0.05, 0.1) is 29.5 Å². The van der Waals surface area contributed by atoms with Crippen LogP contribution < -0.4 is 20.3 Å². The molecule has 45 heavy (non-hydrogen) atoms. The lowest BCUT2D eigenvalue weighted by molar-refractivity contribution is -0.134. The molecule has 0 radical (unpaired) electrons. The third-order valence-corrected chi connectivity index (χ3v) is 7.82. The molecule has 0 bridgehead atoms. The Balaban J connectivity index is 1.33. The second-order valence-electron chi connectivity index (χ2n) is 12.4. The number of hydrogen-bond donors (Lipinski definition) is 2. The Kier molecular flexibility index (Phi) is 10.2. The minimum absolute atomic E-state index is 0.0299. The summed E-state index contributed by atoms with van der Waals surface area (Å²) in [6.07, 6.45) is 4.55. The molecule has 3 aromatic rings. The summed E-state index contributed by atoms with van der Waals surface area (Å²) in [5.41, 5.74) is 1.45. The Labute approximate surface area is 268 Å². The third kappa shape index (κ3) is 8.70. The molecule has 2 saturated heterocycles. The lowest BCUT2D eigenvalue weighted by Crippen LogP contribution is -2.43. The first-order chi connectivity index (χ1) is 21.6. The van der Waals surface area contributed by atoms with E-state index in [1.807, 2.05) is 17.0 Å². The van der Waals surface area contributed by atoms with E-state index < -0.39 is 11.8 Å². The van der Waals surface area contributed by atoms with E-state index in [9.17, 15) is 14.4 Å². The molecule has 5 rings (SSSR count). The number of likely N-dealkylation sites (tertiary alicyclic amines) is 1. The number of ether oxygens (including phenoxy) is 2. The number of halogens is 1. The molecule has 12 heteroatoms. The van der Waals surface area contributed by atoms with Crippen LogP contribution in [0.25, 0.3) is 0 Å². The average molecular weight is 635 g/mol. The van der Waals surface area contributed by atoms with E-state index in [4.69, 9.17) is 21.1 Å². The Morgan fingerprint density at radius 1 is 0.978 bits per heavy atom. The number of nitrogens with zero attached hydrogens (tertiary/aromatic N) is 4. The molecule has 2 aromatic heterocycles. The zero-order valence-corrected chi connectivity index (χ0v) is 26.6. The van der Waals surface area contributed by atoms with Gasteiger partial charge in [0.25, 0.3) is 11.8 Å². The fourth-order valence-electron chi connectivity index (χ4n) is 5.28. The highest BCUT2D eigenvalue weighted by molar-refractivity contribution is 6.30. The first-order valence-electron chi connectivity index (χ1n) is 15.2. The number of anilines is 3. The number of carbonyl (C=O) groups is 3. The maximum absolute atomic E-state index is 13.7. The molecule has 3 amide bonds. The van der Waals surface area contributed by atoms with Crippen molar-refractivity contribution >= 4 is 46.5 Å². The summed E-state index contributed by atoms with van der Waals surface area (Å²) in [7, 11) is 0. The van der Waals surface area contributed by atoms with Gasteiger partial charge in [0.2, 0.25) is 5.91 Å². The van der Waals surface area contributed by atoms with Gasteiger partial charge >= 0.3 is 0 Å². The Morgan fingerprint density at radius 2 is 1.73 bits per heavy atom. The monoisotopic (exact) mass is 634 g/mol. The molecule has 0 saturated carbocycles. The van der Waals surface area contributed by atoms with Crippen molar-refractivity contribution in [2.24, 2.45) is 5.41 Å². The highest BCUT2D eigenvalue weighted by Crippen LogP contribution is 2.31. The number of carbonyl (C=O) groups excluding carboxylic acids is 3. The Hall–Kier alpha value is -4.22. The highest BCUT2D eigenvalue weighted by atomic mass is 35.5.